The minimum absolute atomic E-state index is 0.00475. The van der Waals surface area contributed by atoms with E-state index in [0.29, 0.717) is 31.1 Å². The van der Waals surface area contributed by atoms with E-state index in [-0.39, 0.29) is 11.1 Å². The predicted molar refractivity (Wildman–Crippen MR) is 96.0 cm³/mol. The van der Waals surface area contributed by atoms with Crippen LogP contribution in [0.2, 0.25) is 11.3 Å². The van der Waals surface area contributed by atoms with Gasteiger partial charge in [0.1, 0.15) is 5.82 Å². The molecule has 0 amide bonds. The molecule has 10 heteroatoms. The van der Waals surface area contributed by atoms with Crippen molar-refractivity contribution >= 4 is 24.5 Å². The van der Waals surface area contributed by atoms with Crippen molar-refractivity contribution < 1.29 is 23.2 Å². The van der Waals surface area contributed by atoms with Crippen molar-refractivity contribution in [1.29, 1.82) is 0 Å². The molecule has 0 aromatic carbocycles. The molecule has 1 aliphatic rings. The Bertz CT molecular complexity index is 584. The summed E-state index contributed by atoms with van der Waals surface area (Å²) >= 11 is 6.01. The van der Waals surface area contributed by atoms with Crippen LogP contribution in [0.3, 0.4) is 0 Å². The quantitative estimate of drug-likeness (QED) is 0.490. The van der Waals surface area contributed by atoms with Crippen molar-refractivity contribution in [3.8, 4) is 0 Å². The van der Waals surface area contributed by atoms with E-state index >= 15 is 0 Å². The third-order valence-electron chi connectivity index (χ3n) is 4.84. The number of hydrogen-bond acceptors (Lipinski definition) is 5. The van der Waals surface area contributed by atoms with Crippen molar-refractivity contribution in [3.63, 3.8) is 0 Å². The van der Waals surface area contributed by atoms with Gasteiger partial charge in [0, 0.05) is 25.3 Å². The molecule has 0 spiro atoms. The van der Waals surface area contributed by atoms with Crippen LogP contribution in [0.1, 0.15) is 37.7 Å². The van der Waals surface area contributed by atoms with Crippen LogP contribution >= 0.6 is 11.6 Å². The van der Waals surface area contributed by atoms with E-state index in [2.05, 4.69) is 4.98 Å². The van der Waals surface area contributed by atoms with E-state index in [1.54, 1.807) is 0 Å². The van der Waals surface area contributed by atoms with Crippen molar-refractivity contribution in [2.24, 2.45) is 11.7 Å². The Hall–Kier alpha value is -1.03. The summed E-state index contributed by atoms with van der Waals surface area (Å²) in [7, 11) is -1.27. The first-order valence-electron chi connectivity index (χ1n) is 8.78. The average Bonchev–Trinajstić information content (AvgIpc) is 2.57. The van der Waals surface area contributed by atoms with Gasteiger partial charge in [-0.15, -0.1) is 0 Å². The number of halogens is 4. The lowest BCUT2D eigenvalue weighted by molar-refractivity contribution is -0.137. The molecule has 1 aromatic rings. The third-order valence-corrected chi connectivity index (χ3v) is 5.12. The van der Waals surface area contributed by atoms with E-state index in [1.165, 1.54) is 0 Å². The van der Waals surface area contributed by atoms with Gasteiger partial charge in [0.2, 0.25) is 0 Å². The molecular weight excluding hydrogens is 369 g/mol. The van der Waals surface area contributed by atoms with Gasteiger partial charge in [-0.3, -0.25) is 0 Å². The lowest BCUT2D eigenvalue weighted by Crippen LogP contribution is -2.41. The number of nitrogens with two attached hydrogens (primary N) is 1. The van der Waals surface area contributed by atoms with Gasteiger partial charge in [0.05, 0.1) is 10.6 Å². The molecule has 1 atom stereocenters. The molecule has 2 rings (SSSR count). The number of aromatic nitrogens is 1. The Kier molecular flexibility index (Phi) is 7.58. The van der Waals surface area contributed by atoms with E-state index in [0.717, 1.165) is 44.4 Å². The topological polar surface area (TPSA) is 82.6 Å². The zero-order chi connectivity index (χ0) is 19.3. The molecule has 1 aromatic heterocycles. The summed E-state index contributed by atoms with van der Waals surface area (Å²) in [5.74, 6) is 0.710. The number of hydrogen-bond donors (Lipinski definition) is 3. The zero-order valence-corrected chi connectivity index (χ0v) is 15.2. The first-order valence-corrected chi connectivity index (χ1v) is 9.15. The number of unbranched alkanes of at least 4 members (excludes halogenated alkanes) is 1. The van der Waals surface area contributed by atoms with Crippen LogP contribution in [-0.2, 0) is 6.18 Å². The molecule has 0 bridgehead atoms. The van der Waals surface area contributed by atoms with Crippen LogP contribution in [0.4, 0.5) is 19.0 Å². The van der Waals surface area contributed by atoms with Gasteiger partial charge in [0.25, 0.3) is 0 Å². The smallest absolute Gasteiger partial charge is 0.427 e. The fourth-order valence-corrected chi connectivity index (χ4v) is 3.59. The van der Waals surface area contributed by atoms with E-state index in [9.17, 15) is 13.2 Å². The minimum Gasteiger partial charge on any atom is -0.427 e. The molecule has 26 heavy (non-hydrogen) atoms. The second-order valence-corrected chi connectivity index (χ2v) is 7.19. The number of nitrogens with zero attached hydrogens (tertiary/aromatic N) is 2. The summed E-state index contributed by atoms with van der Waals surface area (Å²) in [6, 6.07) is 0.945. The summed E-state index contributed by atoms with van der Waals surface area (Å²) in [5.41, 5.74) is 5.39. The van der Waals surface area contributed by atoms with E-state index < -0.39 is 18.9 Å². The molecule has 1 aliphatic heterocycles. The van der Waals surface area contributed by atoms with Gasteiger partial charge in [-0.05, 0) is 37.6 Å². The third kappa shape index (κ3) is 6.01. The molecule has 0 radical (unpaired) electrons. The zero-order valence-electron chi connectivity index (χ0n) is 14.4. The molecule has 146 valence electrons. The number of alkyl halides is 3. The highest BCUT2D eigenvalue weighted by Gasteiger charge is 2.32. The summed E-state index contributed by atoms with van der Waals surface area (Å²) in [4.78, 5) is 5.81. The number of pyridine rings is 1. The highest BCUT2D eigenvalue weighted by molar-refractivity contribution is 6.40. The monoisotopic (exact) mass is 393 g/mol. The lowest BCUT2D eigenvalue weighted by atomic mass is 9.82. The van der Waals surface area contributed by atoms with Gasteiger partial charge in [-0.1, -0.05) is 24.4 Å². The molecule has 4 N–H and O–H groups in total. The van der Waals surface area contributed by atoms with Crippen LogP contribution in [0.5, 0.6) is 0 Å². The molecule has 0 aliphatic carbocycles. The molecule has 1 unspecified atom stereocenters. The van der Waals surface area contributed by atoms with Crippen molar-refractivity contribution in [2.75, 3.05) is 18.0 Å². The number of anilines is 1. The molecule has 1 fully saturated rings. The maximum atomic E-state index is 12.7. The second-order valence-electron chi connectivity index (χ2n) is 6.78. The Morgan fingerprint density at radius 1 is 1.31 bits per heavy atom. The molecule has 0 saturated carbocycles. The lowest BCUT2D eigenvalue weighted by Gasteiger charge is -2.36. The maximum absolute atomic E-state index is 12.7. The van der Waals surface area contributed by atoms with Crippen LogP contribution < -0.4 is 10.6 Å². The van der Waals surface area contributed by atoms with Gasteiger partial charge in [-0.2, -0.15) is 13.2 Å². The molecule has 2 heterocycles. The van der Waals surface area contributed by atoms with Crippen molar-refractivity contribution in [1.82, 2.24) is 4.98 Å². The maximum Gasteiger partial charge on any atom is 0.451 e. The number of rotatable bonds is 7. The highest BCUT2D eigenvalue weighted by Crippen LogP contribution is 2.35. The number of piperidine rings is 1. The summed E-state index contributed by atoms with van der Waals surface area (Å²) in [6.45, 7) is 1.29. The summed E-state index contributed by atoms with van der Waals surface area (Å²) < 4.78 is 38.1. The Labute approximate surface area is 156 Å². The average molecular weight is 394 g/mol. The Balaban J connectivity index is 1.84. The first-order chi connectivity index (χ1) is 12.2. The van der Waals surface area contributed by atoms with Crippen LogP contribution in [0.15, 0.2) is 12.3 Å². The SMILES string of the molecule is NC(CCCCB(O)O)C1CCN(c2ncc(C(F)(F)F)cc2Cl)CC1. The van der Waals surface area contributed by atoms with Crippen LogP contribution in [0.25, 0.3) is 0 Å². The summed E-state index contributed by atoms with van der Waals surface area (Å²) in [6.07, 6.45) is 0.724. The Morgan fingerprint density at radius 3 is 2.50 bits per heavy atom. The second kappa shape index (κ2) is 9.26. The normalized spacial score (nSPS) is 17.4. The minimum atomic E-state index is -4.46. The molecule has 5 nitrogen and oxygen atoms in total. The van der Waals surface area contributed by atoms with Gasteiger partial charge in [0.15, 0.2) is 0 Å². The highest BCUT2D eigenvalue weighted by atomic mass is 35.5. The predicted octanol–water partition coefficient (Wildman–Crippen LogP) is 2.94. The van der Waals surface area contributed by atoms with Crippen molar-refractivity contribution in [3.05, 3.63) is 22.8 Å². The largest absolute Gasteiger partial charge is 0.451 e. The van der Waals surface area contributed by atoms with E-state index in [1.807, 2.05) is 4.90 Å². The van der Waals surface area contributed by atoms with Crippen LogP contribution in [0, 0.1) is 5.92 Å². The van der Waals surface area contributed by atoms with Gasteiger partial charge in [-0.25, -0.2) is 4.98 Å². The Morgan fingerprint density at radius 2 is 1.96 bits per heavy atom. The molecule has 1 saturated heterocycles. The van der Waals surface area contributed by atoms with Gasteiger partial charge >= 0.3 is 13.3 Å². The standard InChI is InChI=1S/C16H24BClF3N3O2/c18-13-9-12(16(19,20)21)10-23-15(13)24-7-4-11(5-8-24)14(22)3-1-2-6-17(25)26/h9-11,14,25-26H,1-8,22H2. The molecular formula is C16H24BClF3N3O2. The fraction of sp³-hybridized carbons (Fsp3) is 0.688. The van der Waals surface area contributed by atoms with Crippen molar-refractivity contribution in [2.45, 2.75) is 50.6 Å². The summed E-state index contributed by atoms with van der Waals surface area (Å²) in [5, 5.41) is 17.7. The van der Waals surface area contributed by atoms with E-state index in [4.69, 9.17) is 27.4 Å². The fourth-order valence-electron chi connectivity index (χ4n) is 3.30. The van der Waals surface area contributed by atoms with Crippen LogP contribution in [-0.4, -0.2) is 41.3 Å². The van der Waals surface area contributed by atoms with Gasteiger partial charge < -0.3 is 20.7 Å². The first kappa shape index (κ1) is 21.3.